The fourth-order valence-corrected chi connectivity index (χ4v) is 1.92. The smallest absolute Gasteiger partial charge is 0.320 e. The monoisotopic (exact) mass is 182 g/mol. The maximum Gasteiger partial charge on any atom is 0.320 e. The molecule has 0 aliphatic heterocycles. The number of rotatable bonds is 3. The van der Waals surface area contributed by atoms with Crippen molar-refractivity contribution in [2.75, 3.05) is 0 Å². The summed E-state index contributed by atoms with van der Waals surface area (Å²) < 4.78 is 0. The Labute approximate surface area is 77.3 Å². The van der Waals surface area contributed by atoms with Crippen LogP contribution in [0.2, 0.25) is 0 Å². The standard InChI is InChI=1S/C9H14N2O2/c10-6-9(3-1-2-4-9)5-7(11)8(12)13/h7H,1-5,11H2,(H,12,13). The second-order valence-electron chi connectivity index (χ2n) is 3.75. The van der Waals surface area contributed by atoms with E-state index in [1.807, 2.05) is 0 Å². The second kappa shape index (κ2) is 3.75. The van der Waals surface area contributed by atoms with Crippen molar-refractivity contribution in [1.82, 2.24) is 0 Å². The van der Waals surface area contributed by atoms with Crippen LogP contribution in [0.3, 0.4) is 0 Å². The lowest BCUT2D eigenvalue weighted by Crippen LogP contribution is -2.35. The van der Waals surface area contributed by atoms with Crippen molar-refractivity contribution in [3.8, 4) is 6.07 Å². The molecule has 0 bridgehead atoms. The first-order valence-corrected chi connectivity index (χ1v) is 4.49. The average molecular weight is 182 g/mol. The topological polar surface area (TPSA) is 87.1 Å². The van der Waals surface area contributed by atoms with Gasteiger partial charge in [0, 0.05) is 0 Å². The summed E-state index contributed by atoms with van der Waals surface area (Å²) in [6.45, 7) is 0. The molecule has 0 radical (unpaired) electrons. The molecule has 1 unspecified atom stereocenters. The second-order valence-corrected chi connectivity index (χ2v) is 3.75. The molecular formula is C9H14N2O2. The number of hydrogen-bond donors (Lipinski definition) is 2. The molecule has 1 aliphatic carbocycles. The van der Waals surface area contributed by atoms with Gasteiger partial charge in [-0.3, -0.25) is 4.79 Å². The van der Waals surface area contributed by atoms with Gasteiger partial charge in [-0.15, -0.1) is 0 Å². The Hall–Kier alpha value is -1.08. The summed E-state index contributed by atoms with van der Waals surface area (Å²) >= 11 is 0. The Balaban J connectivity index is 2.59. The van der Waals surface area contributed by atoms with Crippen LogP contribution in [0.4, 0.5) is 0 Å². The molecule has 0 amide bonds. The molecule has 72 valence electrons. The summed E-state index contributed by atoms with van der Waals surface area (Å²) in [5, 5.41) is 17.6. The number of nitrogens with zero attached hydrogens (tertiary/aromatic N) is 1. The van der Waals surface area contributed by atoms with Gasteiger partial charge in [-0.05, 0) is 19.3 Å². The van der Waals surface area contributed by atoms with Crippen molar-refractivity contribution >= 4 is 5.97 Å². The van der Waals surface area contributed by atoms with Crippen molar-refractivity contribution in [1.29, 1.82) is 5.26 Å². The zero-order valence-corrected chi connectivity index (χ0v) is 7.49. The summed E-state index contributed by atoms with van der Waals surface area (Å²) in [6.07, 6.45) is 3.91. The minimum Gasteiger partial charge on any atom is -0.480 e. The summed E-state index contributed by atoms with van der Waals surface area (Å²) in [4.78, 5) is 10.5. The number of nitrogens with two attached hydrogens (primary N) is 1. The molecule has 1 rings (SSSR count). The van der Waals surface area contributed by atoms with Gasteiger partial charge in [-0.2, -0.15) is 5.26 Å². The van der Waals surface area contributed by atoms with Gasteiger partial charge in [0.1, 0.15) is 6.04 Å². The Kier molecular flexibility index (Phi) is 2.89. The summed E-state index contributed by atoms with van der Waals surface area (Å²) in [6, 6.07) is 1.33. The molecule has 1 saturated carbocycles. The fraction of sp³-hybridized carbons (Fsp3) is 0.778. The van der Waals surface area contributed by atoms with Crippen LogP contribution in [0.1, 0.15) is 32.1 Å². The van der Waals surface area contributed by atoms with Crippen LogP contribution in [0.15, 0.2) is 0 Å². The highest BCUT2D eigenvalue weighted by atomic mass is 16.4. The third-order valence-electron chi connectivity index (χ3n) is 2.73. The Morgan fingerprint density at radius 3 is 2.54 bits per heavy atom. The van der Waals surface area contributed by atoms with E-state index in [1.54, 1.807) is 0 Å². The maximum absolute atomic E-state index is 10.5. The van der Waals surface area contributed by atoms with Gasteiger partial charge < -0.3 is 10.8 Å². The fourth-order valence-electron chi connectivity index (χ4n) is 1.92. The highest BCUT2D eigenvalue weighted by Crippen LogP contribution is 2.40. The van der Waals surface area contributed by atoms with Crippen molar-refractivity contribution in [3.63, 3.8) is 0 Å². The van der Waals surface area contributed by atoms with E-state index in [9.17, 15) is 4.79 Å². The predicted molar refractivity (Wildman–Crippen MR) is 46.7 cm³/mol. The SMILES string of the molecule is N#CC1(CC(N)C(=O)O)CCCC1. The van der Waals surface area contributed by atoms with Crippen LogP contribution in [0, 0.1) is 16.7 Å². The van der Waals surface area contributed by atoms with E-state index in [1.165, 1.54) is 0 Å². The van der Waals surface area contributed by atoms with Gasteiger partial charge in [0.25, 0.3) is 0 Å². The van der Waals surface area contributed by atoms with E-state index < -0.39 is 17.4 Å². The lowest BCUT2D eigenvalue weighted by Gasteiger charge is -2.21. The normalized spacial score (nSPS) is 22.2. The quantitative estimate of drug-likeness (QED) is 0.678. The molecule has 1 aliphatic rings. The van der Waals surface area contributed by atoms with Gasteiger partial charge in [0.05, 0.1) is 11.5 Å². The summed E-state index contributed by atoms with van der Waals surface area (Å²) in [5.41, 5.74) is 4.95. The molecule has 0 heterocycles. The largest absolute Gasteiger partial charge is 0.480 e. The molecule has 3 N–H and O–H groups in total. The minimum atomic E-state index is -1.01. The number of aliphatic carboxylic acids is 1. The zero-order valence-electron chi connectivity index (χ0n) is 7.49. The Morgan fingerprint density at radius 1 is 1.62 bits per heavy atom. The van der Waals surface area contributed by atoms with E-state index in [-0.39, 0.29) is 0 Å². The van der Waals surface area contributed by atoms with Gasteiger partial charge in [0.2, 0.25) is 0 Å². The molecule has 4 nitrogen and oxygen atoms in total. The summed E-state index contributed by atoms with van der Waals surface area (Å²) in [5.74, 6) is -1.01. The molecule has 4 heteroatoms. The van der Waals surface area contributed by atoms with Crippen LogP contribution >= 0.6 is 0 Å². The lowest BCUT2D eigenvalue weighted by atomic mass is 9.82. The average Bonchev–Trinajstić information content (AvgIpc) is 2.54. The van der Waals surface area contributed by atoms with Crippen LogP contribution in [0.25, 0.3) is 0 Å². The third-order valence-corrected chi connectivity index (χ3v) is 2.73. The minimum absolute atomic E-state index is 0.291. The highest BCUT2D eigenvalue weighted by Gasteiger charge is 2.37. The van der Waals surface area contributed by atoms with Gasteiger partial charge in [-0.25, -0.2) is 0 Å². The Bertz CT molecular complexity index is 238. The van der Waals surface area contributed by atoms with E-state index in [0.29, 0.717) is 6.42 Å². The van der Waals surface area contributed by atoms with Crippen LogP contribution in [0.5, 0.6) is 0 Å². The zero-order chi connectivity index (χ0) is 9.90. The van der Waals surface area contributed by atoms with Crippen molar-refractivity contribution in [3.05, 3.63) is 0 Å². The molecule has 0 aromatic rings. The number of carboxylic acid groups (broad SMARTS) is 1. The molecule has 1 atom stereocenters. The number of carbonyl (C=O) groups is 1. The van der Waals surface area contributed by atoms with Crippen LogP contribution < -0.4 is 5.73 Å². The first kappa shape index (κ1) is 10.0. The first-order valence-electron chi connectivity index (χ1n) is 4.49. The lowest BCUT2D eigenvalue weighted by molar-refractivity contribution is -0.139. The molecule has 0 aromatic heterocycles. The Morgan fingerprint density at radius 2 is 2.15 bits per heavy atom. The van der Waals surface area contributed by atoms with Crippen molar-refractivity contribution < 1.29 is 9.90 Å². The van der Waals surface area contributed by atoms with E-state index >= 15 is 0 Å². The van der Waals surface area contributed by atoms with E-state index in [0.717, 1.165) is 25.7 Å². The molecule has 0 spiro atoms. The summed E-state index contributed by atoms with van der Waals surface area (Å²) in [7, 11) is 0. The van der Waals surface area contributed by atoms with Crippen LogP contribution in [-0.2, 0) is 4.79 Å². The van der Waals surface area contributed by atoms with Gasteiger partial charge in [-0.1, -0.05) is 12.8 Å². The molecule has 13 heavy (non-hydrogen) atoms. The molecular weight excluding hydrogens is 168 g/mol. The van der Waals surface area contributed by atoms with Gasteiger partial charge in [0.15, 0.2) is 0 Å². The maximum atomic E-state index is 10.5. The first-order chi connectivity index (χ1) is 6.09. The highest BCUT2D eigenvalue weighted by molar-refractivity contribution is 5.73. The van der Waals surface area contributed by atoms with E-state index in [2.05, 4.69) is 6.07 Å². The van der Waals surface area contributed by atoms with Crippen LogP contribution in [-0.4, -0.2) is 17.1 Å². The number of hydrogen-bond acceptors (Lipinski definition) is 3. The van der Waals surface area contributed by atoms with Crippen molar-refractivity contribution in [2.45, 2.75) is 38.1 Å². The molecule has 0 saturated heterocycles. The van der Waals surface area contributed by atoms with E-state index in [4.69, 9.17) is 16.1 Å². The number of nitriles is 1. The predicted octanol–water partition coefficient (Wildman–Crippen LogP) is 0.872. The molecule has 0 aromatic carbocycles. The molecule has 1 fully saturated rings. The number of carboxylic acids is 1. The third kappa shape index (κ3) is 2.19. The van der Waals surface area contributed by atoms with Crippen molar-refractivity contribution in [2.24, 2.45) is 11.1 Å². The van der Waals surface area contributed by atoms with Gasteiger partial charge >= 0.3 is 5.97 Å².